The molecule has 18 heavy (non-hydrogen) atoms. The van der Waals surface area contributed by atoms with Crippen molar-refractivity contribution in [2.45, 2.75) is 10.6 Å². The van der Waals surface area contributed by atoms with Crippen LogP contribution in [0.4, 0.5) is 5.13 Å². The van der Waals surface area contributed by atoms with Crippen molar-refractivity contribution in [1.29, 1.82) is 0 Å². The third-order valence-corrected chi connectivity index (χ3v) is 5.58. The van der Waals surface area contributed by atoms with Gasteiger partial charge in [-0.15, -0.1) is 11.3 Å². The topological polar surface area (TPSA) is 89.2 Å². The predicted octanol–water partition coefficient (Wildman–Crippen LogP) is 0.926. The molecule has 0 atom stereocenters. The summed E-state index contributed by atoms with van der Waals surface area (Å²) in [7, 11) is -1.79. The Morgan fingerprint density at radius 2 is 2.22 bits per heavy atom. The second-order valence-electron chi connectivity index (χ2n) is 3.60. The van der Waals surface area contributed by atoms with Crippen LogP contribution in [0, 0.1) is 0 Å². The first-order valence-corrected chi connectivity index (χ1v) is 8.29. The van der Waals surface area contributed by atoms with Crippen LogP contribution in [0.1, 0.15) is 5.01 Å². The lowest BCUT2D eigenvalue weighted by atomic mass is 10.4. The van der Waals surface area contributed by atoms with Gasteiger partial charge in [-0.2, -0.15) is 0 Å². The number of nitrogens with two attached hydrogens (primary N) is 1. The van der Waals surface area contributed by atoms with Crippen LogP contribution >= 0.6 is 22.7 Å². The van der Waals surface area contributed by atoms with Crippen molar-refractivity contribution in [3.63, 3.8) is 0 Å². The van der Waals surface area contributed by atoms with E-state index in [1.807, 2.05) is 17.3 Å². The number of aromatic nitrogens is 2. The number of sulfonamides is 1. The van der Waals surface area contributed by atoms with Crippen molar-refractivity contribution >= 4 is 37.8 Å². The maximum absolute atomic E-state index is 11.1. The molecule has 0 saturated carbocycles. The zero-order valence-corrected chi connectivity index (χ0v) is 12.1. The van der Waals surface area contributed by atoms with Crippen LogP contribution in [0.15, 0.2) is 22.0 Å². The SMILES string of the molecule is CN(CCc1nccs1)c1ncc(S(N)(=O)=O)s1. The lowest BCUT2D eigenvalue weighted by Crippen LogP contribution is -2.19. The highest BCUT2D eigenvalue weighted by molar-refractivity contribution is 7.91. The minimum absolute atomic E-state index is 0.0820. The normalized spacial score (nSPS) is 11.7. The van der Waals surface area contributed by atoms with Crippen molar-refractivity contribution in [3.8, 4) is 0 Å². The predicted molar refractivity (Wildman–Crippen MR) is 72.6 cm³/mol. The number of likely N-dealkylation sites (N-methyl/N-ethyl adjacent to an activating group) is 1. The zero-order chi connectivity index (χ0) is 13.2. The Bertz CT molecular complexity index is 606. The molecule has 0 aromatic carbocycles. The lowest BCUT2D eigenvalue weighted by Gasteiger charge is -2.14. The van der Waals surface area contributed by atoms with Crippen molar-refractivity contribution < 1.29 is 8.42 Å². The third kappa shape index (κ3) is 3.25. The number of rotatable bonds is 5. The van der Waals surface area contributed by atoms with Crippen molar-refractivity contribution in [2.24, 2.45) is 5.14 Å². The molecule has 0 aliphatic rings. The van der Waals surface area contributed by atoms with Crippen LogP contribution in [-0.4, -0.2) is 32.0 Å². The third-order valence-electron chi connectivity index (χ3n) is 2.22. The Balaban J connectivity index is 2.01. The summed E-state index contributed by atoms with van der Waals surface area (Å²) >= 11 is 2.67. The average molecular weight is 304 g/mol. The first-order chi connectivity index (χ1) is 8.47. The molecule has 2 aromatic heterocycles. The summed E-state index contributed by atoms with van der Waals surface area (Å²) in [5.74, 6) is 0. The molecule has 0 fully saturated rings. The fourth-order valence-corrected chi connectivity index (χ4v) is 3.43. The van der Waals surface area contributed by atoms with Crippen LogP contribution in [0.3, 0.4) is 0 Å². The highest BCUT2D eigenvalue weighted by Crippen LogP contribution is 2.24. The van der Waals surface area contributed by atoms with Gasteiger partial charge in [-0.05, 0) is 0 Å². The first-order valence-electron chi connectivity index (χ1n) is 5.05. The first kappa shape index (κ1) is 13.4. The van der Waals surface area contributed by atoms with E-state index in [2.05, 4.69) is 9.97 Å². The molecule has 2 rings (SSSR count). The Labute approximate surface area is 113 Å². The molecule has 98 valence electrons. The Morgan fingerprint density at radius 1 is 1.44 bits per heavy atom. The standard InChI is InChI=1S/C9H12N4O2S3/c1-13(4-2-7-11-3-5-16-7)9-12-6-8(17-9)18(10,14)15/h3,5-6H,2,4H2,1H3,(H2,10,14,15). The van der Waals surface area contributed by atoms with Gasteiger partial charge in [0.1, 0.15) is 0 Å². The quantitative estimate of drug-likeness (QED) is 0.887. The summed E-state index contributed by atoms with van der Waals surface area (Å²) in [5, 5.41) is 8.65. The van der Waals surface area contributed by atoms with Gasteiger partial charge in [0, 0.05) is 31.6 Å². The van der Waals surface area contributed by atoms with E-state index in [1.54, 1.807) is 17.5 Å². The van der Waals surface area contributed by atoms with Crippen LogP contribution in [0.25, 0.3) is 0 Å². The van der Waals surface area contributed by atoms with Crippen LogP contribution < -0.4 is 10.0 Å². The van der Waals surface area contributed by atoms with Gasteiger partial charge in [0.2, 0.25) is 10.0 Å². The summed E-state index contributed by atoms with van der Waals surface area (Å²) in [6.45, 7) is 0.727. The number of primary sulfonamides is 1. The molecule has 0 radical (unpaired) electrons. The summed E-state index contributed by atoms with van der Waals surface area (Å²) in [5.41, 5.74) is 0. The van der Waals surface area contributed by atoms with Gasteiger partial charge in [-0.25, -0.2) is 23.5 Å². The Morgan fingerprint density at radius 3 is 2.78 bits per heavy atom. The summed E-state index contributed by atoms with van der Waals surface area (Å²) < 4.78 is 22.4. The van der Waals surface area contributed by atoms with Gasteiger partial charge >= 0.3 is 0 Å². The zero-order valence-electron chi connectivity index (χ0n) is 9.61. The van der Waals surface area contributed by atoms with E-state index in [9.17, 15) is 8.42 Å². The van der Waals surface area contributed by atoms with Crippen molar-refractivity contribution in [1.82, 2.24) is 9.97 Å². The molecule has 2 heterocycles. The van der Waals surface area contributed by atoms with Gasteiger partial charge in [0.05, 0.1) is 11.2 Å². The van der Waals surface area contributed by atoms with Crippen LogP contribution in [0.2, 0.25) is 0 Å². The molecule has 2 aromatic rings. The highest BCUT2D eigenvalue weighted by atomic mass is 32.2. The van der Waals surface area contributed by atoms with Gasteiger partial charge in [-0.1, -0.05) is 11.3 Å². The Hall–Kier alpha value is -1.03. The number of nitrogens with zero attached hydrogens (tertiary/aromatic N) is 3. The van der Waals surface area contributed by atoms with E-state index in [0.29, 0.717) is 5.13 Å². The minimum Gasteiger partial charge on any atom is -0.351 e. The van der Waals surface area contributed by atoms with E-state index in [-0.39, 0.29) is 4.21 Å². The van der Waals surface area contributed by atoms with E-state index in [0.717, 1.165) is 29.3 Å². The summed E-state index contributed by atoms with van der Waals surface area (Å²) in [4.78, 5) is 10.1. The van der Waals surface area contributed by atoms with E-state index in [1.165, 1.54) is 6.20 Å². The van der Waals surface area contributed by atoms with Gasteiger partial charge in [0.25, 0.3) is 0 Å². The molecule has 0 amide bonds. The van der Waals surface area contributed by atoms with Crippen molar-refractivity contribution in [3.05, 3.63) is 22.8 Å². The molecular formula is C9H12N4O2S3. The molecule has 0 aliphatic heterocycles. The molecule has 0 unspecified atom stereocenters. The molecule has 2 N–H and O–H groups in total. The Kier molecular flexibility index (Phi) is 3.95. The molecule has 0 spiro atoms. The molecule has 6 nitrogen and oxygen atoms in total. The lowest BCUT2D eigenvalue weighted by molar-refractivity contribution is 0.599. The number of hydrogen-bond acceptors (Lipinski definition) is 7. The van der Waals surface area contributed by atoms with Gasteiger partial charge < -0.3 is 4.90 Å². The fourth-order valence-electron chi connectivity index (χ4n) is 1.29. The maximum Gasteiger partial charge on any atom is 0.249 e. The van der Waals surface area contributed by atoms with Crippen LogP contribution in [0.5, 0.6) is 0 Å². The van der Waals surface area contributed by atoms with E-state index in [4.69, 9.17) is 5.14 Å². The summed E-state index contributed by atoms with van der Waals surface area (Å²) in [6, 6.07) is 0. The number of hydrogen-bond donors (Lipinski definition) is 1. The molecule has 0 aliphatic carbocycles. The minimum atomic E-state index is -3.65. The maximum atomic E-state index is 11.1. The van der Waals surface area contributed by atoms with Crippen LogP contribution in [-0.2, 0) is 16.4 Å². The monoisotopic (exact) mass is 304 g/mol. The molecular weight excluding hydrogens is 292 g/mol. The van der Waals surface area contributed by atoms with E-state index < -0.39 is 10.0 Å². The smallest absolute Gasteiger partial charge is 0.249 e. The second kappa shape index (κ2) is 5.31. The van der Waals surface area contributed by atoms with Crippen molar-refractivity contribution in [2.75, 3.05) is 18.5 Å². The van der Waals surface area contributed by atoms with Gasteiger partial charge in [-0.3, -0.25) is 0 Å². The number of anilines is 1. The second-order valence-corrected chi connectivity index (χ2v) is 7.38. The highest BCUT2D eigenvalue weighted by Gasteiger charge is 2.14. The van der Waals surface area contributed by atoms with E-state index >= 15 is 0 Å². The average Bonchev–Trinajstić information content (AvgIpc) is 2.96. The largest absolute Gasteiger partial charge is 0.351 e. The molecule has 9 heteroatoms. The molecule has 0 bridgehead atoms. The number of thiazole rings is 2. The molecule has 0 saturated heterocycles. The van der Waals surface area contributed by atoms with Gasteiger partial charge in [0.15, 0.2) is 9.34 Å². The fraction of sp³-hybridized carbons (Fsp3) is 0.333. The summed E-state index contributed by atoms with van der Waals surface area (Å²) in [6.07, 6.45) is 3.86.